The Hall–Kier alpha value is -1.82. The van der Waals surface area contributed by atoms with Crippen LogP contribution in [-0.2, 0) is 10.0 Å². The molecular weight excluding hydrogens is 264 g/mol. The molecule has 2 amide bonds. The summed E-state index contributed by atoms with van der Waals surface area (Å²) in [7, 11) is -3.80. The lowest BCUT2D eigenvalue weighted by atomic mass is 10.2. The molecule has 0 fully saturated rings. The second-order valence-electron chi connectivity index (χ2n) is 4.40. The van der Waals surface area contributed by atoms with Gasteiger partial charge in [-0.3, -0.25) is 0 Å². The molecule has 0 spiro atoms. The second kappa shape index (κ2) is 6.38. The van der Waals surface area contributed by atoms with Gasteiger partial charge in [0, 0.05) is 6.04 Å². The predicted octanol–water partition coefficient (Wildman–Crippen LogP) is 2.08. The molecule has 6 heteroatoms. The summed E-state index contributed by atoms with van der Waals surface area (Å²) in [6.45, 7) is 4.94. The van der Waals surface area contributed by atoms with E-state index in [2.05, 4.69) is 5.32 Å². The third kappa shape index (κ3) is 5.13. The van der Waals surface area contributed by atoms with Crippen LogP contribution in [-0.4, -0.2) is 20.5 Å². The molecule has 0 saturated heterocycles. The summed E-state index contributed by atoms with van der Waals surface area (Å²) < 4.78 is 25.7. The molecule has 0 saturated carbocycles. The summed E-state index contributed by atoms with van der Waals surface area (Å²) in [4.78, 5) is 11.5. The highest BCUT2D eigenvalue weighted by Gasteiger charge is 2.17. The number of rotatable bonds is 4. The summed E-state index contributed by atoms with van der Waals surface area (Å²) in [5.41, 5.74) is 0.759. The third-order valence-corrected chi connectivity index (χ3v) is 3.66. The highest BCUT2D eigenvalue weighted by Crippen LogP contribution is 2.10. The van der Waals surface area contributed by atoms with Crippen molar-refractivity contribution in [2.75, 3.05) is 0 Å². The number of nitrogens with one attached hydrogen (secondary N) is 2. The van der Waals surface area contributed by atoms with Crippen LogP contribution >= 0.6 is 0 Å². The molecule has 1 aromatic carbocycles. The van der Waals surface area contributed by atoms with Crippen LogP contribution in [0, 0.1) is 0 Å². The monoisotopic (exact) mass is 282 g/mol. The molecule has 19 heavy (non-hydrogen) atoms. The molecule has 0 aromatic heterocycles. The molecule has 5 nitrogen and oxygen atoms in total. The Bertz CT molecular complexity index is 563. The normalized spacial score (nSPS) is 12.3. The van der Waals surface area contributed by atoms with Crippen molar-refractivity contribution in [3.05, 3.63) is 40.8 Å². The summed E-state index contributed by atoms with van der Waals surface area (Å²) in [5, 5.41) is 2.46. The van der Waals surface area contributed by atoms with Gasteiger partial charge in [-0.15, -0.1) is 0 Å². The van der Waals surface area contributed by atoms with E-state index in [-0.39, 0.29) is 10.9 Å². The summed E-state index contributed by atoms with van der Waals surface area (Å²) >= 11 is 0. The number of carbonyl (C=O) groups excluding carboxylic acids is 1. The molecular formula is C13H18N2O3S. The van der Waals surface area contributed by atoms with Gasteiger partial charge in [0.05, 0.1) is 4.91 Å². The SMILES string of the molecule is CC(=Cc1ccccc1)S(=O)(=O)NC(=O)NC(C)C. The zero-order chi connectivity index (χ0) is 14.5. The number of benzene rings is 1. The minimum atomic E-state index is -3.80. The van der Waals surface area contributed by atoms with Gasteiger partial charge in [0.15, 0.2) is 0 Å². The highest BCUT2D eigenvalue weighted by molar-refractivity contribution is 7.94. The van der Waals surface area contributed by atoms with E-state index in [4.69, 9.17) is 0 Å². The molecule has 0 aliphatic heterocycles. The highest BCUT2D eigenvalue weighted by atomic mass is 32.2. The standard InChI is InChI=1S/C13H18N2O3S/c1-10(2)14-13(16)15-19(17,18)11(3)9-12-7-5-4-6-8-12/h4-10H,1-3H3,(H2,14,15,16). The molecule has 0 unspecified atom stereocenters. The van der Waals surface area contributed by atoms with Crippen molar-refractivity contribution in [3.63, 3.8) is 0 Å². The Morgan fingerprint density at radius 3 is 2.32 bits per heavy atom. The maximum absolute atomic E-state index is 11.9. The van der Waals surface area contributed by atoms with Crippen molar-refractivity contribution >= 4 is 22.1 Å². The van der Waals surface area contributed by atoms with Crippen LogP contribution in [0.5, 0.6) is 0 Å². The lowest BCUT2D eigenvalue weighted by molar-refractivity contribution is 0.243. The fraction of sp³-hybridized carbons (Fsp3) is 0.308. The molecule has 104 valence electrons. The molecule has 0 heterocycles. The fourth-order valence-corrected chi connectivity index (χ4v) is 2.11. The zero-order valence-corrected chi connectivity index (χ0v) is 12.0. The van der Waals surface area contributed by atoms with Crippen molar-refractivity contribution in [3.8, 4) is 0 Å². The van der Waals surface area contributed by atoms with Gasteiger partial charge in [0.25, 0.3) is 10.0 Å². The van der Waals surface area contributed by atoms with Gasteiger partial charge >= 0.3 is 6.03 Å². The lowest BCUT2D eigenvalue weighted by Gasteiger charge is -2.10. The molecule has 0 bridgehead atoms. The van der Waals surface area contributed by atoms with Crippen molar-refractivity contribution < 1.29 is 13.2 Å². The largest absolute Gasteiger partial charge is 0.335 e. The first kappa shape index (κ1) is 15.2. The van der Waals surface area contributed by atoms with Gasteiger partial charge in [-0.25, -0.2) is 17.9 Å². The van der Waals surface area contributed by atoms with Crippen LogP contribution in [0.4, 0.5) is 4.79 Å². The first-order valence-corrected chi connectivity index (χ1v) is 7.36. The quantitative estimate of drug-likeness (QED) is 0.888. The van der Waals surface area contributed by atoms with Crippen LogP contribution < -0.4 is 10.0 Å². The van der Waals surface area contributed by atoms with Crippen LogP contribution in [0.15, 0.2) is 35.2 Å². The summed E-state index contributed by atoms with van der Waals surface area (Å²) in [6, 6.07) is 8.18. The Morgan fingerprint density at radius 1 is 1.21 bits per heavy atom. The van der Waals surface area contributed by atoms with E-state index in [1.807, 2.05) is 22.9 Å². The Kier molecular flexibility index (Phi) is 5.11. The minimum absolute atomic E-state index is 0.0811. The lowest BCUT2D eigenvalue weighted by Crippen LogP contribution is -2.42. The molecule has 0 aliphatic carbocycles. The zero-order valence-electron chi connectivity index (χ0n) is 11.2. The smallest absolute Gasteiger partial charge is 0.328 e. The van der Waals surface area contributed by atoms with E-state index in [1.165, 1.54) is 13.0 Å². The number of carbonyl (C=O) groups is 1. The van der Waals surface area contributed by atoms with Crippen LogP contribution in [0.2, 0.25) is 0 Å². The van der Waals surface area contributed by atoms with Crippen molar-refractivity contribution in [1.29, 1.82) is 0 Å². The number of hydrogen-bond acceptors (Lipinski definition) is 3. The van der Waals surface area contributed by atoms with Gasteiger partial charge in [0.2, 0.25) is 0 Å². The van der Waals surface area contributed by atoms with Gasteiger partial charge in [0.1, 0.15) is 0 Å². The average molecular weight is 282 g/mol. The number of amides is 2. The molecule has 2 N–H and O–H groups in total. The summed E-state index contributed by atoms with van der Waals surface area (Å²) in [5.74, 6) is 0. The fourth-order valence-electron chi connectivity index (χ4n) is 1.36. The third-order valence-electron chi connectivity index (χ3n) is 2.24. The maximum Gasteiger partial charge on any atom is 0.328 e. The van der Waals surface area contributed by atoms with E-state index >= 15 is 0 Å². The van der Waals surface area contributed by atoms with Gasteiger partial charge in [-0.2, -0.15) is 0 Å². The first-order chi connectivity index (χ1) is 8.81. The Labute approximate surface area is 113 Å². The molecule has 0 radical (unpaired) electrons. The van der Waals surface area contributed by atoms with Crippen LogP contribution in [0.1, 0.15) is 26.3 Å². The van der Waals surface area contributed by atoms with E-state index in [0.29, 0.717) is 0 Å². The average Bonchev–Trinajstić information content (AvgIpc) is 2.28. The molecule has 0 aliphatic rings. The van der Waals surface area contributed by atoms with E-state index in [0.717, 1.165) is 5.56 Å². The van der Waals surface area contributed by atoms with Crippen LogP contribution in [0.25, 0.3) is 6.08 Å². The number of sulfonamides is 1. The van der Waals surface area contributed by atoms with E-state index < -0.39 is 16.1 Å². The number of urea groups is 1. The van der Waals surface area contributed by atoms with Crippen molar-refractivity contribution in [2.45, 2.75) is 26.8 Å². The molecule has 1 aromatic rings. The van der Waals surface area contributed by atoms with E-state index in [1.54, 1.807) is 26.0 Å². The second-order valence-corrected chi connectivity index (χ2v) is 6.25. The van der Waals surface area contributed by atoms with Crippen LogP contribution in [0.3, 0.4) is 0 Å². The van der Waals surface area contributed by atoms with Gasteiger partial charge in [-0.1, -0.05) is 30.3 Å². The Morgan fingerprint density at radius 2 is 1.79 bits per heavy atom. The number of allylic oxidation sites excluding steroid dienone is 1. The van der Waals surface area contributed by atoms with Crippen molar-refractivity contribution in [1.82, 2.24) is 10.0 Å². The maximum atomic E-state index is 11.9. The first-order valence-electron chi connectivity index (χ1n) is 5.88. The van der Waals surface area contributed by atoms with Gasteiger partial charge in [-0.05, 0) is 32.4 Å². The topological polar surface area (TPSA) is 75.3 Å². The number of hydrogen-bond donors (Lipinski definition) is 2. The predicted molar refractivity (Wildman–Crippen MR) is 75.8 cm³/mol. The molecule has 0 atom stereocenters. The van der Waals surface area contributed by atoms with Crippen molar-refractivity contribution in [2.24, 2.45) is 0 Å². The van der Waals surface area contributed by atoms with Gasteiger partial charge < -0.3 is 5.32 Å². The summed E-state index contributed by atoms with van der Waals surface area (Å²) in [6.07, 6.45) is 1.50. The Balaban J connectivity index is 2.83. The van der Waals surface area contributed by atoms with E-state index in [9.17, 15) is 13.2 Å². The molecule has 1 rings (SSSR count). The minimum Gasteiger partial charge on any atom is -0.335 e.